The molecule has 25 heavy (non-hydrogen) atoms. The van der Waals surface area contributed by atoms with Gasteiger partial charge in [-0.25, -0.2) is 9.78 Å². The molecule has 1 N–H and O–H groups in total. The van der Waals surface area contributed by atoms with E-state index in [1.807, 2.05) is 18.2 Å². The van der Waals surface area contributed by atoms with Crippen LogP contribution in [0.3, 0.4) is 0 Å². The Hall–Kier alpha value is -2.96. The molecule has 3 rings (SSSR count). The highest BCUT2D eigenvalue weighted by Gasteiger charge is 2.27. The van der Waals surface area contributed by atoms with Crippen LogP contribution in [-0.4, -0.2) is 22.0 Å². The van der Waals surface area contributed by atoms with E-state index in [0.717, 1.165) is 25.7 Å². The Morgan fingerprint density at radius 1 is 1.12 bits per heavy atom. The van der Waals surface area contributed by atoms with Crippen molar-refractivity contribution in [3.05, 3.63) is 58.8 Å². The van der Waals surface area contributed by atoms with Crippen molar-refractivity contribution in [1.82, 2.24) is 4.98 Å². The summed E-state index contributed by atoms with van der Waals surface area (Å²) in [7, 11) is 0. The number of hydrogen-bond donors (Lipinski definition) is 1. The van der Waals surface area contributed by atoms with E-state index in [4.69, 9.17) is 0 Å². The molecule has 130 valence electrons. The summed E-state index contributed by atoms with van der Waals surface area (Å²) in [5.74, 6) is 0.619. The van der Waals surface area contributed by atoms with E-state index in [9.17, 15) is 14.9 Å². The van der Waals surface area contributed by atoms with Crippen molar-refractivity contribution in [3.63, 3.8) is 0 Å². The number of hydrogen-bond acceptors (Lipinski definition) is 4. The number of carbonyl (C=O) groups is 1. The molecule has 7 heteroatoms. The molecule has 0 unspecified atom stereocenters. The fourth-order valence-electron chi connectivity index (χ4n) is 3.14. The maximum Gasteiger partial charge on any atom is 0.327 e. The standard InChI is InChI=1S/C18H20N4O3/c23-18(20-14-9-11-16(12-10-14)22(24)25)21(15-6-2-1-3-7-15)17-8-4-5-13-19-17/h4-5,8-13,15H,1-3,6-7H2,(H,20,23). The molecular weight excluding hydrogens is 320 g/mol. The predicted octanol–water partition coefficient (Wildman–Crippen LogP) is 4.36. The lowest BCUT2D eigenvalue weighted by Gasteiger charge is -2.33. The van der Waals surface area contributed by atoms with Gasteiger partial charge in [0.15, 0.2) is 0 Å². The molecule has 1 aromatic heterocycles. The molecule has 1 aliphatic carbocycles. The second-order valence-electron chi connectivity index (χ2n) is 6.08. The van der Waals surface area contributed by atoms with Crippen LogP contribution in [0.5, 0.6) is 0 Å². The molecule has 7 nitrogen and oxygen atoms in total. The minimum Gasteiger partial charge on any atom is -0.307 e. The van der Waals surface area contributed by atoms with Crippen molar-refractivity contribution in [1.29, 1.82) is 0 Å². The quantitative estimate of drug-likeness (QED) is 0.661. The van der Waals surface area contributed by atoms with Gasteiger partial charge in [-0.05, 0) is 37.1 Å². The Labute approximate surface area is 145 Å². The third-order valence-corrected chi connectivity index (χ3v) is 4.38. The van der Waals surface area contributed by atoms with Gasteiger partial charge < -0.3 is 5.32 Å². The zero-order chi connectivity index (χ0) is 17.6. The van der Waals surface area contributed by atoms with E-state index in [1.54, 1.807) is 11.1 Å². The predicted molar refractivity (Wildman–Crippen MR) is 95.7 cm³/mol. The summed E-state index contributed by atoms with van der Waals surface area (Å²) in [5, 5.41) is 13.6. The summed E-state index contributed by atoms with van der Waals surface area (Å²) < 4.78 is 0. The van der Waals surface area contributed by atoms with Gasteiger partial charge in [0.1, 0.15) is 5.82 Å². The van der Waals surface area contributed by atoms with Gasteiger partial charge >= 0.3 is 6.03 Å². The fourth-order valence-corrected chi connectivity index (χ4v) is 3.14. The molecule has 1 saturated carbocycles. The van der Waals surface area contributed by atoms with E-state index < -0.39 is 4.92 Å². The monoisotopic (exact) mass is 340 g/mol. The number of urea groups is 1. The Bertz CT molecular complexity index is 728. The van der Waals surface area contributed by atoms with Crippen LogP contribution >= 0.6 is 0 Å². The number of rotatable bonds is 4. The van der Waals surface area contributed by atoms with Gasteiger partial charge in [-0.2, -0.15) is 0 Å². The maximum absolute atomic E-state index is 12.9. The number of pyridine rings is 1. The van der Waals surface area contributed by atoms with Crippen molar-refractivity contribution in [3.8, 4) is 0 Å². The van der Waals surface area contributed by atoms with Gasteiger partial charge in [0.05, 0.1) is 4.92 Å². The van der Waals surface area contributed by atoms with Crippen LogP contribution in [0.1, 0.15) is 32.1 Å². The molecule has 0 atom stereocenters. The first-order valence-corrected chi connectivity index (χ1v) is 8.41. The molecule has 0 radical (unpaired) electrons. The molecule has 1 fully saturated rings. The highest BCUT2D eigenvalue weighted by molar-refractivity contribution is 6.01. The highest BCUT2D eigenvalue weighted by Crippen LogP contribution is 2.27. The van der Waals surface area contributed by atoms with Crippen LogP contribution in [-0.2, 0) is 0 Å². The van der Waals surface area contributed by atoms with Crippen molar-refractivity contribution < 1.29 is 9.72 Å². The Balaban J connectivity index is 1.80. The number of aromatic nitrogens is 1. The van der Waals surface area contributed by atoms with E-state index in [1.165, 1.54) is 30.7 Å². The van der Waals surface area contributed by atoms with Gasteiger partial charge in [-0.1, -0.05) is 25.3 Å². The molecule has 0 aliphatic heterocycles. The third kappa shape index (κ3) is 4.12. The van der Waals surface area contributed by atoms with Crippen LogP contribution in [0.25, 0.3) is 0 Å². The number of nitrogens with one attached hydrogen (secondary N) is 1. The lowest BCUT2D eigenvalue weighted by Crippen LogP contribution is -2.44. The van der Waals surface area contributed by atoms with Crippen molar-refractivity contribution in [2.45, 2.75) is 38.1 Å². The maximum atomic E-state index is 12.9. The van der Waals surface area contributed by atoms with Gasteiger partial charge in [0.2, 0.25) is 0 Å². The minimum atomic E-state index is -0.464. The summed E-state index contributed by atoms with van der Waals surface area (Å²) >= 11 is 0. The lowest BCUT2D eigenvalue weighted by molar-refractivity contribution is -0.384. The topological polar surface area (TPSA) is 88.4 Å². The van der Waals surface area contributed by atoms with E-state index >= 15 is 0 Å². The second-order valence-corrected chi connectivity index (χ2v) is 6.08. The minimum absolute atomic E-state index is 0.00754. The average molecular weight is 340 g/mol. The number of nitro benzene ring substituents is 1. The largest absolute Gasteiger partial charge is 0.327 e. The van der Waals surface area contributed by atoms with Crippen molar-refractivity contribution in [2.24, 2.45) is 0 Å². The van der Waals surface area contributed by atoms with Gasteiger partial charge in [-0.15, -0.1) is 0 Å². The fraction of sp³-hybridized carbons (Fsp3) is 0.333. The number of non-ortho nitro benzene ring substituents is 1. The number of anilines is 2. The van der Waals surface area contributed by atoms with Crippen LogP contribution < -0.4 is 10.2 Å². The number of carbonyl (C=O) groups excluding carboxylic acids is 1. The number of benzene rings is 1. The number of nitrogens with zero attached hydrogens (tertiary/aromatic N) is 3. The van der Waals surface area contributed by atoms with E-state index in [0.29, 0.717) is 11.5 Å². The molecule has 1 aliphatic rings. The first-order valence-electron chi connectivity index (χ1n) is 8.41. The summed E-state index contributed by atoms with van der Waals surface area (Å²) in [4.78, 5) is 29.2. The van der Waals surface area contributed by atoms with E-state index in [2.05, 4.69) is 10.3 Å². The van der Waals surface area contributed by atoms with Gasteiger partial charge in [0, 0.05) is 30.1 Å². The molecule has 0 bridgehead atoms. The Morgan fingerprint density at radius 3 is 2.44 bits per heavy atom. The molecule has 1 heterocycles. The van der Waals surface area contributed by atoms with Gasteiger partial charge in [0.25, 0.3) is 5.69 Å². The Morgan fingerprint density at radius 2 is 1.84 bits per heavy atom. The molecule has 1 aromatic carbocycles. The summed E-state index contributed by atoms with van der Waals surface area (Å²) in [6.07, 6.45) is 6.95. The van der Waals surface area contributed by atoms with E-state index in [-0.39, 0.29) is 17.8 Å². The average Bonchev–Trinajstić information content (AvgIpc) is 2.64. The highest BCUT2D eigenvalue weighted by atomic mass is 16.6. The van der Waals surface area contributed by atoms with Crippen molar-refractivity contribution >= 4 is 23.2 Å². The summed E-state index contributed by atoms with van der Waals surface area (Å²) in [6, 6.07) is 11.2. The van der Waals surface area contributed by atoms with Crippen LogP contribution in [0, 0.1) is 10.1 Å². The zero-order valence-corrected chi connectivity index (χ0v) is 13.8. The first kappa shape index (κ1) is 16.9. The lowest BCUT2D eigenvalue weighted by atomic mass is 9.94. The van der Waals surface area contributed by atoms with Crippen LogP contribution in [0.2, 0.25) is 0 Å². The summed E-state index contributed by atoms with van der Waals surface area (Å²) in [6.45, 7) is 0. The molecular formula is C18H20N4O3. The zero-order valence-electron chi connectivity index (χ0n) is 13.8. The molecule has 2 aromatic rings. The van der Waals surface area contributed by atoms with Crippen LogP contribution in [0.4, 0.5) is 22.0 Å². The second kappa shape index (κ2) is 7.74. The first-order chi connectivity index (χ1) is 12.1. The summed E-state index contributed by atoms with van der Waals surface area (Å²) in [5.41, 5.74) is 0.513. The molecule has 0 spiro atoms. The van der Waals surface area contributed by atoms with Gasteiger partial charge in [-0.3, -0.25) is 15.0 Å². The molecule has 0 saturated heterocycles. The van der Waals surface area contributed by atoms with Crippen molar-refractivity contribution in [2.75, 3.05) is 10.2 Å². The molecule has 2 amide bonds. The SMILES string of the molecule is O=C(Nc1ccc([N+](=O)[O-])cc1)N(c1ccccn1)C1CCCCC1. The number of amides is 2. The number of nitro groups is 1. The third-order valence-electron chi connectivity index (χ3n) is 4.38. The smallest absolute Gasteiger partial charge is 0.307 e. The van der Waals surface area contributed by atoms with Crippen LogP contribution in [0.15, 0.2) is 48.7 Å². The Kier molecular flexibility index (Phi) is 5.23. The normalized spacial score (nSPS) is 14.7.